The van der Waals surface area contributed by atoms with Crippen LogP contribution in [0.4, 0.5) is 8.78 Å². The second-order valence-electron chi connectivity index (χ2n) is 6.23. The highest BCUT2D eigenvalue weighted by molar-refractivity contribution is 6.30. The molecule has 34 heavy (non-hydrogen) atoms. The van der Waals surface area contributed by atoms with Crippen LogP contribution in [0.25, 0.3) is 0 Å². The van der Waals surface area contributed by atoms with Gasteiger partial charge in [0.15, 0.2) is 0 Å². The minimum atomic E-state index is -2.99. The molecule has 0 spiro atoms. The number of halogens is 3. The highest BCUT2D eigenvalue weighted by Gasteiger charge is 2.29. The van der Waals surface area contributed by atoms with Gasteiger partial charge in [0.2, 0.25) is 5.88 Å². The Bertz CT molecular complexity index is 1070. The Morgan fingerprint density at radius 1 is 1.06 bits per heavy atom. The van der Waals surface area contributed by atoms with Crippen LogP contribution in [0.3, 0.4) is 0 Å². The van der Waals surface area contributed by atoms with Crippen LogP contribution in [0, 0.1) is 0 Å². The van der Waals surface area contributed by atoms with Gasteiger partial charge in [-0.3, -0.25) is 4.79 Å². The van der Waals surface area contributed by atoms with Crippen molar-refractivity contribution in [3.05, 3.63) is 75.9 Å². The maximum Gasteiger partial charge on any atom is 0.335 e. The van der Waals surface area contributed by atoms with Gasteiger partial charge >= 0.3 is 5.97 Å². The summed E-state index contributed by atoms with van der Waals surface area (Å²) in [6, 6.07) is 12.0. The van der Waals surface area contributed by atoms with Crippen molar-refractivity contribution >= 4 is 23.5 Å². The number of ether oxygens (including phenoxy) is 1. The third kappa shape index (κ3) is 7.55. The average molecular weight is 496 g/mol. The van der Waals surface area contributed by atoms with Gasteiger partial charge in [0.25, 0.3) is 12.3 Å². The second kappa shape index (κ2) is 13.9. The summed E-state index contributed by atoms with van der Waals surface area (Å²) < 4.78 is 33.6. The van der Waals surface area contributed by atoms with Crippen LogP contribution < -0.4 is 10.1 Å². The molecular weight excluding hydrogens is 468 g/mol. The lowest BCUT2D eigenvalue weighted by molar-refractivity contribution is 0.0696. The summed E-state index contributed by atoms with van der Waals surface area (Å²) >= 11 is 5.83. The number of carbonyl (C=O) groups is 2. The highest BCUT2D eigenvalue weighted by Crippen LogP contribution is 2.32. The molecule has 0 saturated heterocycles. The van der Waals surface area contributed by atoms with E-state index in [-0.39, 0.29) is 23.6 Å². The van der Waals surface area contributed by atoms with Crippen molar-refractivity contribution in [2.75, 3.05) is 0 Å². The fourth-order valence-corrected chi connectivity index (χ4v) is 2.79. The van der Waals surface area contributed by atoms with Crippen molar-refractivity contribution in [1.29, 1.82) is 0 Å². The molecular formula is C24H28ClF2N3O4. The summed E-state index contributed by atoms with van der Waals surface area (Å²) in [6.45, 7) is 8.00. The molecule has 2 aromatic carbocycles. The number of nitrogens with zero attached hydrogens (tertiary/aromatic N) is 2. The van der Waals surface area contributed by atoms with Crippen molar-refractivity contribution in [1.82, 2.24) is 15.1 Å². The van der Waals surface area contributed by atoms with Crippen LogP contribution in [0.15, 0.2) is 48.5 Å². The molecule has 184 valence electrons. The van der Waals surface area contributed by atoms with E-state index in [1.165, 1.54) is 43.4 Å². The molecule has 0 atom stereocenters. The van der Waals surface area contributed by atoms with E-state index in [9.17, 15) is 18.4 Å². The third-order valence-electron chi connectivity index (χ3n) is 4.14. The Hall–Kier alpha value is -3.46. The number of aromatic carboxylic acids is 1. The van der Waals surface area contributed by atoms with E-state index >= 15 is 0 Å². The molecule has 0 saturated carbocycles. The third-order valence-corrected chi connectivity index (χ3v) is 4.39. The average Bonchev–Trinajstić information content (AvgIpc) is 3.18. The molecule has 0 fully saturated rings. The lowest BCUT2D eigenvalue weighted by Gasteiger charge is -2.10. The lowest BCUT2D eigenvalue weighted by atomic mass is 10.1. The van der Waals surface area contributed by atoms with Crippen LogP contribution in [0.5, 0.6) is 11.6 Å². The van der Waals surface area contributed by atoms with E-state index in [2.05, 4.69) is 10.4 Å². The molecule has 10 heteroatoms. The number of hydrogen-bond donors (Lipinski definition) is 2. The molecule has 0 aliphatic rings. The number of amides is 1. The zero-order valence-electron chi connectivity index (χ0n) is 19.6. The summed E-state index contributed by atoms with van der Waals surface area (Å²) in [4.78, 5) is 23.6. The Kier molecular flexibility index (Phi) is 11.7. The quantitative estimate of drug-likeness (QED) is 0.391. The van der Waals surface area contributed by atoms with Crippen LogP contribution in [0.1, 0.15) is 66.1 Å². The molecule has 0 aliphatic heterocycles. The van der Waals surface area contributed by atoms with Crippen LogP contribution in [-0.2, 0) is 13.6 Å². The molecule has 7 nitrogen and oxygen atoms in total. The van der Waals surface area contributed by atoms with Gasteiger partial charge in [-0.25, -0.2) is 18.3 Å². The number of carboxylic acids is 1. The number of nitrogens with one attached hydrogen (secondary N) is 1. The zero-order chi connectivity index (χ0) is 25.8. The van der Waals surface area contributed by atoms with Crippen molar-refractivity contribution in [2.24, 2.45) is 7.05 Å². The maximum absolute atomic E-state index is 13.5. The Morgan fingerprint density at radius 2 is 1.62 bits per heavy atom. The highest BCUT2D eigenvalue weighted by atomic mass is 35.5. The predicted molar refractivity (Wildman–Crippen MR) is 127 cm³/mol. The van der Waals surface area contributed by atoms with E-state index in [0.717, 1.165) is 4.68 Å². The van der Waals surface area contributed by atoms with Gasteiger partial charge in [0.1, 0.15) is 17.0 Å². The van der Waals surface area contributed by atoms with Crippen molar-refractivity contribution in [2.45, 2.75) is 40.7 Å². The maximum atomic E-state index is 13.5. The number of hydrogen-bond acceptors (Lipinski definition) is 4. The van der Waals surface area contributed by atoms with Gasteiger partial charge in [-0.15, -0.1) is 0 Å². The van der Waals surface area contributed by atoms with Gasteiger partial charge < -0.3 is 15.2 Å². The number of aryl methyl sites for hydroxylation is 1. The first-order valence-corrected chi connectivity index (χ1v) is 11.0. The normalized spacial score (nSPS) is 9.91. The number of aromatic nitrogens is 2. The predicted octanol–water partition coefficient (Wildman–Crippen LogP) is 6.48. The van der Waals surface area contributed by atoms with E-state index in [4.69, 9.17) is 21.4 Å². The Balaban J connectivity index is 0.00000137. The summed E-state index contributed by atoms with van der Waals surface area (Å²) in [7, 11) is 1.39. The number of carboxylic acid groups (broad SMARTS) is 1. The topological polar surface area (TPSA) is 93.5 Å². The van der Waals surface area contributed by atoms with Gasteiger partial charge in [-0.1, -0.05) is 51.4 Å². The molecule has 0 unspecified atom stereocenters. The zero-order valence-corrected chi connectivity index (χ0v) is 20.4. The number of benzene rings is 2. The lowest BCUT2D eigenvalue weighted by Crippen LogP contribution is -2.24. The molecule has 1 heterocycles. The second-order valence-corrected chi connectivity index (χ2v) is 6.67. The first-order valence-electron chi connectivity index (χ1n) is 10.6. The van der Waals surface area contributed by atoms with Crippen molar-refractivity contribution in [3.63, 3.8) is 0 Å². The Morgan fingerprint density at radius 3 is 2.12 bits per heavy atom. The largest absolute Gasteiger partial charge is 0.478 e. The fraction of sp³-hybridized carbons (Fsp3) is 0.292. The van der Waals surface area contributed by atoms with Crippen molar-refractivity contribution in [3.8, 4) is 11.6 Å². The smallest absolute Gasteiger partial charge is 0.335 e. The number of carbonyl (C=O) groups excluding carboxylic acids is 1. The van der Waals surface area contributed by atoms with Gasteiger partial charge in [0.05, 0.1) is 5.56 Å². The van der Waals surface area contributed by atoms with Crippen LogP contribution in [0.2, 0.25) is 5.02 Å². The first-order chi connectivity index (χ1) is 16.3. The van der Waals surface area contributed by atoms with E-state index in [0.29, 0.717) is 16.3 Å². The molecule has 0 bridgehead atoms. The minimum absolute atomic E-state index is 0.00328. The standard InChI is InChI=1S/C20H16ClF2N3O4.2C2H6/c1-26-19(30-14-8-6-13(21)7-9-14)15(16(25-26)17(22)23)18(27)24-10-11-2-4-12(5-3-11)20(28)29;2*1-2/h2-9,17H,10H2,1H3,(H,24,27)(H,28,29);2*1-2H3. The van der Waals surface area contributed by atoms with Gasteiger partial charge in [-0.05, 0) is 42.0 Å². The van der Waals surface area contributed by atoms with E-state index in [1.54, 1.807) is 12.1 Å². The monoisotopic (exact) mass is 495 g/mol. The van der Waals surface area contributed by atoms with Gasteiger partial charge in [0, 0.05) is 18.6 Å². The first kappa shape index (κ1) is 28.6. The molecule has 1 amide bonds. The van der Waals surface area contributed by atoms with Crippen LogP contribution in [-0.4, -0.2) is 26.8 Å². The van der Waals surface area contributed by atoms with Gasteiger partial charge in [-0.2, -0.15) is 5.10 Å². The summed E-state index contributed by atoms with van der Waals surface area (Å²) in [5.41, 5.74) is -0.406. The Labute approximate surface area is 202 Å². The van der Waals surface area contributed by atoms with Crippen molar-refractivity contribution < 1.29 is 28.2 Å². The van der Waals surface area contributed by atoms with E-state index < -0.39 is 24.0 Å². The number of rotatable bonds is 7. The number of alkyl halides is 2. The summed E-state index contributed by atoms with van der Waals surface area (Å²) in [6.07, 6.45) is -2.99. The molecule has 2 N–H and O–H groups in total. The molecule has 3 aromatic rings. The van der Waals surface area contributed by atoms with Crippen LogP contribution >= 0.6 is 11.6 Å². The molecule has 3 rings (SSSR count). The molecule has 1 aromatic heterocycles. The minimum Gasteiger partial charge on any atom is -0.478 e. The summed E-state index contributed by atoms with van der Waals surface area (Å²) in [5, 5.41) is 15.6. The SMILES string of the molecule is CC.CC.Cn1nc(C(F)F)c(C(=O)NCc2ccc(C(=O)O)cc2)c1Oc1ccc(Cl)cc1. The van der Waals surface area contributed by atoms with E-state index in [1.807, 2.05) is 27.7 Å². The fourth-order valence-electron chi connectivity index (χ4n) is 2.66. The molecule has 0 radical (unpaired) electrons. The molecule has 0 aliphatic carbocycles. The summed E-state index contributed by atoms with van der Waals surface area (Å²) in [5.74, 6) is -1.73.